The number of rotatable bonds is 7. The molecule has 8 nitrogen and oxygen atoms in total. The summed E-state index contributed by atoms with van der Waals surface area (Å²) < 4.78 is 8.37. The number of carbonyl (C=O) groups is 3. The highest BCUT2D eigenvalue weighted by atomic mass is 79.9. The van der Waals surface area contributed by atoms with E-state index in [0.29, 0.717) is 34.6 Å². The zero-order chi connectivity index (χ0) is 26.5. The molecule has 0 saturated heterocycles. The Morgan fingerprint density at radius 2 is 1.65 bits per heavy atom. The molecule has 0 aliphatic heterocycles. The van der Waals surface area contributed by atoms with Crippen molar-refractivity contribution in [1.82, 2.24) is 4.68 Å². The number of amides is 3. The van der Waals surface area contributed by atoms with E-state index in [1.54, 1.807) is 48.5 Å². The predicted molar refractivity (Wildman–Crippen MR) is 152 cm³/mol. The van der Waals surface area contributed by atoms with Crippen LogP contribution in [0.4, 0.5) is 11.4 Å². The fraction of sp³-hybridized carbons (Fsp3) is 0.148. The minimum Gasteiger partial charge on any atom is -0.494 e. The second-order valence-corrected chi connectivity index (χ2v) is 10.0. The second kappa shape index (κ2) is 11.6. The van der Waals surface area contributed by atoms with Gasteiger partial charge >= 0.3 is 11.8 Å². The van der Waals surface area contributed by atoms with E-state index in [9.17, 15) is 14.4 Å². The zero-order valence-corrected chi connectivity index (χ0v) is 23.3. The Hall–Kier alpha value is -3.63. The van der Waals surface area contributed by atoms with Crippen LogP contribution < -0.4 is 20.8 Å². The first-order valence-corrected chi connectivity index (χ1v) is 13.1. The van der Waals surface area contributed by atoms with Gasteiger partial charge in [0.15, 0.2) is 0 Å². The van der Waals surface area contributed by atoms with Crippen LogP contribution in [0.15, 0.2) is 75.7 Å². The lowest BCUT2D eigenvalue weighted by molar-refractivity contribution is -0.133. The minimum atomic E-state index is -0.933. The number of nitrogens with zero attached hydrogens (tertiary/aromatic N) is 1. The molecule has 37 heavy (non-hydrogen) atoms. The van der Waals surface area contributed by atoms with E-state index in [2.05, 4.69) is 47.9 Å². The van der Waals surface area contributed by atoms with Gasteiger partial charge in [0, 0.05) is 20.0 Å². The molecule has 0 bridgehead atoms. The largest absolute Gasteiger partial charge is 0.494 e. The highest BCUT2D eigenvalue weighted by Crippen LogP contribution is 2.27. The molecule has 0 unspecified atom stereocenters. The van der Waals surface area contributed by atoms with Crippen molar-refractivity contribution >= 4 is 71.9 Å². The van der Waals surface area contributed by atoms with Crippen molar-refractivity contribution in [2.45, 2.75) is 20.3 Å². The Balaban J connectivity index is 1.56. The third-order valence-corrected chi connectivity index (χ3v) is 6.52. The highest BCUT2D eigenvalue weighted by Gasteiger charge is 2.21. The minimum absolute atomic E-state index is 0.152. The van der Waals surface area contributed by atoms with Crippen molar-refractivity contribution in [3.63, 3.8) is 0 Å². The summed E-state index contributed by atoms with van der Waals surface area (Å²) in [5, 5.41) is 6.11. The Morgan fingerprint density at radius 3 is 2.35 bits per heavy atom. The standard InChI is InChI=1S/C27H24Br2N4O4/c1-3-12-37-20-8-6-19(7-9-20)30-26(35)27(36)32-33-23-11-5-18(28)14-17(23)15-24(33)25(34)31-22-10-4-16(2)13-21(22)29/h4-11,13-15H,3,12H2,1-2H3,(H,30,35)(H,31,34)(H,32,36). The fourth-order valence-electron chi connectivity index (χ4n) is 3.58. The van der Waals surface area contributed by atoms with E-state index >= 15 is 0 Å². The highest BCUT2D eigenvalue weighted by molar-refractivity contribution is 9.10. The van der Waals surface area contributed by atoms with Crippen LogP contribution in [0.25, 0.3) is 10.9 Å². The first kappa shape index (κ1) is 26.4. The number of aryl methyl sites for hydroxylation is 1. The first-order valence-electron chi connectivity index (χ1n) is 11.5. The monoisotopic (exact) mass is 626 g/mol. The number of hydrogen-bond acceptors (Lipinski definition) is 4. The van der Waals surface area contributed by atoms with Crippen molar-refractivity contribution < 1.29 is 19.1 Å². The van der Waals surface area contributed by atoms with Crippen molar-refractivity contribution in [3.05, 3.63) is 86.9 Å². The third kappa shape index (κ3) is 6.39. The predicted octanol–water partition coefficient (Wildman–Crippen LogP) is 6.22. The Kier molecular flexibility index (Phi) is 8.30. The van der Waals surface area contributed by atoms with E-state index in [1.165, 1.54) is 4.68 Å². The van der Waals surface area contributed by atoms with Gasteiger partial charge in [0.05, 0.1) is 17.8 Å². The maximum Gasteiger partial charge on any atom is 0.328 e. The summed E-state index contributed by atoms with van der Waals surface area (Å²) in [6.07, 6.45) is 0.881. The average Bonchev–Trinajstić information content (AvgIpc) is 3.22. The SMILES string of the molecule is CCCOc1ccc(NC(=O)C(=O)Nn2c(C(=O)Nc3ccc(C)cc3Br)cc3cc(Br)ccc32)cc1. The van der Waals surface area contributed by atoms with Crippen LogP contribution in [-0.2, 0) is 9.59 Å². The molecule has 0 spiro atoms. The van der Waals surface area contributed by atoms with Crippen LogP contribution in [-0.4, -0.2) is 29.0 Å². The lowest BCUT2D eigenvalue weighted by Gasteiger charge is -2.13. The van der Waals surface area contributed by atoms with Gasteiger partial charge in [0.1, 0.15) is 11.4 Å². The van der Waals surface area contributed by atoms with Crippen LogP contribution in [0.3, 0.4) is 0 Å². The number of ether oxygens (including phenoxy) is 1. The first-order chi connectivity index (χ1) is 17.7. The summed E-state index contributed by atoms with van der Waals surface area (Å²) in [5.41, 5.74) is 5.30. The number of halogens is 2. The van der Waals surface area contributed by atoms with Gasteiger partial charge in [-0.2, -0.15) is 0 Å². The summed E-state index contributed by atoms with van der Waals surface area (Å²) in [6, 6.07) is 19.3. The summed E-state index contributed by atoms with van der Waals surface area (Å²) >= 11 is 6.89. The molecular formula is C27H24Br2N4O4. The van der Waals surface area contributed by atoms with E-state index in [0.717, 1.165) is 20.9 Å². The third-order valence-electron chi connectivity index (χ3n) is 5.37. The molecule has 0 aliphatic carbocycles. The molecule has 4 rings (SSSR count). The second-order valence-electron chi connectivity index (χ2n) is 8.27. The number of fused-ring (bicyclic) bond motifs is 1. The molecule has 3 N–H and O–H groups in total. The molecule has 0 aliphatic rings. The molecule has 0 atom stereocenters. The van der Waals surface area contributed by atoms with Crippen molar-refractivity contribution in [3.8, 4) is 5.75 Å². The average molecular weight is 628 g/mol. The van der Waals surface area contributed by atoms with Crippen LogP contribution in [0.5, 0.6) is 5.75 Å². The Labute approximate surface area is 230 Å². The van der Waals surface area contributed by atoms with E-state index in [4.69, 9.17) is 4.74 Å². The molecule has 3 amide bonds. The van der Waals surface area contributed by atoms with Crippen LogP contribution >= 0.6 is 31.9 Å². The molecule has 1 heterocycles. The lowest BCUT2D eigenvalue weighted by atomic mass is 10.2. The van der Waals surface area contributed by atoms with E-state index < -0.39 is 17.7 Å². The van der Waals surface area contributed by atoms with Crippen molar-refractivity contribution in [2.75, 3.05) is 22.7 Å². The van der Waals surface area contributed by atoms with Gasteiger partial charge in [0.25, 0.3) is 5.91 Å². The van der Waals surface area contributed by atoms with Crippen LogP contribution in [0, 0.1) is 6.92 Å². The summed E-state index contributed by atoms with van der Waals surface area (Å²) in [4.78, 5) is 38.7. The number of nitrogens with one attached hydrogen (secondary N) is 3. The van der Waals surface area contributed by atoms with Crippen molar-refractivity contribution in [1.29, 1.82) is 0 Å². The van der Waals surface area contributed by atoms with Gasteiger partial charge in [-0.25, -0.2) is 4.68 Å². The Bertz CT molecular complexity index is 1480. The van der Waals surface area contributed by atoms with Gasteiger partial charge in [0.2, 0.25) is 0 Å². The number of benzene rings is 3. The van der Waals surface area contributed by atoms with Gasteiger partial charge in [-0.05, 0) is 95.5 Å². The van der Waals surface area contributed by atoms with Gasteiger partial charge in [-0.3, -0.25) is 19.8 Å². The van der Waals surface area contributed by atoms with E-state index in [-0.39, 0.29) is 5.69 Å². The molecule has 1 aromatic heterocycles. The van der Waals surface area contributed by atoms with E-state index in [1.807, 2.05) is 32.0 Å². The fourth-order valence-corrected chi connectivity index (χ4v) is 4.55. The molecule has 0 fully saturated rings. The normalized spacial score (nSPS) is 10.7. The Morgan fingerprint density at radius 1 is 0.892 bits per heavy atom. The maximum atomic E-state index is 13.2. The molecule has 0 radical (unpaired) electrons. The maximum absolute atomic E-state index is 13.2. The van der Waals surface area contributed by atoms with Gasteiger partial charge in [-0.15, -0.1) is 0 Å². The van der Waals surface area contributed by atoms with Gasteiger partial charge < -0.3 is 15.4 Å². The number of carbonyl (C=O) groups excluding carboxylic acids is 3. The topological polar surface area (TPSA) is 101 Å². The summed E-state index contributed by atoms with van der Waals surface area (Å²) in [7, 11) is 0. The molecule has 3 aromatic carbocycles. The summed E-state index contributed by atoms with van der Waals surface area (Å²) in [5.74, 6) is -1.60. The lowest BCUT2D eigenvalue weighted by Crippen LogP contribution is -2.36. The summed E-state index contributed by atoms with van der Waals surface area (Å²) in [6.45, 7) is 4.55. The molecule has 10 heteroatoms. The quantitative estimate of drug-likeness (QED) is 0.212. The smallest absolute Gasteiger partial charge is 0.328 e. The molecule has 0 saturated carbocycles. The zero-order valence-electron chi connectivity index (χ0n) is 20.1. The van der Waals surface area contributed by atoms with Crippen LogP contribution in [0.2, 0.25) is 0 Å². The molecule has 190 valence electrons. The number of anilines is 2. The molecule has 4 aromatic rings. The number of aromatic nitrogens is 1. The number of hydrogen-bond donors (Lipinski definition) is 3. The van der Waals surface area contributed by atoms with Crippen molar-refractivity contribution in [2.24, 2.45) is 0 Å². The van der Waals surface area contributed by atoms with Crippen LogP contribution in [0.1, 0.15) is 29.4 Å². The molecular weight excluding hydrogens is 604 g/mol. The van der Waals surface area contributed by atoms with Gasteiger partial charge in [-0.1, -0.05) is 28.9 Å².